The topological polar surface area (TPSA) is 32.3 Å². The van der Waals surface area contributed by atoms with E-state index in [1.54, 1.807) is 26.1 Å². The molecule has 0 fully saturated rings. The summed E-state index contributed by atoms with van der Waals surface area (Å²) >= 11 is 0. The maximum Gasteiger partial charge on any atom is 0.129 e. The summed E-state index contributed by atoms with van der Waals surface area (Å²) in [5, 5.41) is 12.4. The number of aryl methyl sites for hydroxylation is 1. The normalized spacial score (nSPS) is 12.9. The van der Waals surface area contributed by atoms with Crippen LogP contribution in [0.2, 0.25) is 0 Å². The Labute approximate surface area is 77.4 Å². The molecule has 0 aromatic heterocycles. The van der Waals surface area contributed by atoms with Gasteiger partial charge in [-0.05, 0) is 25.6 Å². The van der Waals surface area contributed by atoms with E-state index in [0.29, 0.717) is 12.1 Å². The number of hydrogen-bond donors (Lipinski definition) is 2. The highest BCUT2D eigenvalue weighted by Gasteiger charge is 2.13. The lowest BCUT2D eigenvalue weighted by molar-refractivity contribution is 0.172. The van der Waals surface area contributed by atoms with Gasteiger partial charge in [-0.25, -0.2) is 4.39 Å². The Morgan fingerprint density at radius 2 is 2.23 bits per heavy atom. The third kappa shape index (κ3) is 2.26. The molecule has 72 valence electrons. The maximum atomic E-state index is 13.2. The minimum Gasteiger partial charge on any atom is -0.387 e. The second kappa shape index (κ2) is 4.35. The largest absolute Gasteiger partial charge is 0.387 e. The number of hydrogen-bond acceptors (Lipinski definition) is 2. The number of likely N-dealkylation sites (N-methyl/N-ethyl adjacent to an activating group) is 1. The zero-order valence-corrected chi connectivity index (χ0v) is 7.84. The van der Waals surface area contributed by atoms with E-state index in [2.05, 4.69) is 5.32 Å². The van der Waals surface area contributed by atoms with Gasteiger partial charge < -0.3 is 10.4 Å². The second-order valence-electron chi connectivity index (χ2n) is 3.04. The molecule has 0 bridgehead atoms. The predicted octanol–water partition coefficient (Wildman–Crippen LogP) is 1.39. The summed E-state index contributed by atoms with van der Waals surface area (Å²) in [5.74, 6) is -0.345. The van der Waals surface area contributed by atoms with Crippen molar-refractivity contribution in [3.8, 4) is 0 Å². The summed E-state index contributed by atoms with van der Waals surface area (Å²) in [5.41, 5.74) is 1.17. The molecule has 1 rings (SSSR count). The number of rotatable bonds is 3. The third-order valence-corrected chi connectivity index (χ3v) is 2.00. The van der Waals surface area contributed by atoms with Crippen molar-refractivity contribution in [2.24, 2.45) is 0 Å². The second-order valence-corrected chi connectivity index (χ2v) is 3.04. The van der Waals surface area contributed by atoms with Gasteiger partial charge in [0.1, 0.15) is 5.82 Å². The lowest BCUT2D eigenvalue weighted by Gasteiger charge is -2.13. The minimum atomic E-state index is -0.772. The Morgan fingerprint density at radius 1 is 1.54 bits per heavy atom. The first kappa shape index (κ1) is 10.2. The summed E-state index contributed by atoms with van der Waals surface area (Å²) in [6.45, 7) is 2.15. The molecule has 2 N–H and O–H groups in total. The fourth-order valence-corrected chi connectivity index (χ4v) is 1.36. The summed E-state index contributed by atoms with van der Waals surface area (Å²) in [4.78, 5) is 0. The molecule has 0 aliphatic heterocycles. The average Bonchev–Trinajstić information content (AvgIpc) is 2.04. The standard InChI is InChI=1S/C10H14FNO/c1-7-4-3-5-8(11)10(7)9(13)6-12-2/h3-5,9,12-13H,6H2,1-2H3. The molecule has 3 heteroatoms. The van der Waals surface area contributed by atoms with Gasteiger partial charge in [-0.3, -0.25) is 0 Å². The molecule has 0 radical (unpaired) electrons. The van der Waals surface area contributed by atoms with Crippen LogP contribution in [0.1, 0.15) is 17.2 Å². The maximum absolute atomic E-state index is 13.2. The van der Waals surface area contributed by atoms with Crippen molar-refractivity contribution in [2.45, 2.75) is 13.0 Å². The van der Waals surface area contributed by atoms with E-state index < -0.39 is 6.10 Å². The molecule has 0 saturated carbocycles. The van der Waals surface area contributed by atoms with Crippen LogP contribution in [0.3, 0.4) is 0 Å². The third-order valence-electron chi connectivity index (χ3n) is 2.00. The number of aliphatic hydroxyl groups excluding tert-OH is 1. The van der Waals surface area contributed by atoms with Gasteiger partial charge in [0.2, 0.25) is 0 Å². The van der Waals surface area contributed by atoms with Crippen LogP contribution in [0.25, 0.3) is 0 Å². The Bertz CT molecular complexity index is 268. The highest BCUT2D eigenvalue weighted by molar-refractivity contribution is 5.29. The summed E-state index contributed by atoms with van der Waals surface area (Å²) in [6.07, 6.45) is -0.772. The molecule has 2 nitrogen and oxygen atoms in total. The van der Waals surface area contributed by atoms with Gasteiger partial charge >= 0.3 is 0 Å². The Kier molecular flexibility index (Phi) is 3.39. The van der Waals surface area contributed by atoms with Crippen molar-refractivity contribution in [1.29, 1.82) is 0 Å². The van der Waals surface area contributed by atoms with Crippen LogP contribution >= 0.6 is 0 Å². The highest BCUT2D eigenvalue weighted by Crippen LogP contribution is 2.20. The molecule has 1 aromatic rings. The predicted molar refractivity (Wildman–Crippen MR) is 50.0 cm³/mol. The van der Waals surface area contributed by atoms with Gasteiger partial charge in [0.15, 0.2) is 0 Å². The van der Waals surface area contributed by atoms with E-state index in [1.807, 2.05) is 0 Å². The van der Waals surface area contributed by atoms with Gasteiger partial charge in [-0.1, -0.05) is 12.1 Å². The molecular weight excluding hydrogens is 169 g/mol. The first-order valence-electron chi connectivity index (χ1n) is 4.24. The number of benzene rings is 1. The molecule has 1 atom stereocenters. The summed E-state index contributed by atoms with van der Waals surface area (Å²) in [7, 11) is 1.72. The fraction of sp³-hybridized carbons (Fsp3) is 0.400. The lowest BCUT2D eigenvalue weighted by atomic mass is 10.0. The summed E-state index contributed by atoms with van der Waals surface area (Å²) in [6, 6.07) is 4.79. The highest BCUT2D eigenvalue weighted by atomic mass is 19.1. The van der Waals surface area contributed by atoms with Crippen molar-refractivity contribution in [2.75, 3.05) is 13.6 Å². The molecule has 0 saturated heterocycles. The van der Waals surface area contributed by atoms with Crippen molar-refractivity contribution >= 4 is 0 Å². The van der Waals surface area contributed by atoms with Gasteiger partial charge in [0, 0.05) is 12.1 Å². The number of aliphatic hydroxyl groups is 1. The zero-order chi connectivity index (χ0) is 9.84. The van der Waals surface area contributed by atoms with Crippen molar-refractivity contribution in [1.82, 2.24) is 5.32 Å². The van der Waals surface area contributed by atoms with E-state index in [9.17, 15) is 9.50 Å². The zero-order valence-electron chi connectivity index (χ0n) is 7.84. The smallest absolute Gasteiger partial charge is 0.129 e. The Balaban J connectivity index is 2.98. The van der Waals surface area contributed by atoms with Crippen LogP contribution < -0.4 is 5.32 Å². The van der Waals surface area contributed by atoms with Crippen LogP contribution in [-0.2, 0) is 0 Å². The van der Waals surface area contributed by atoms with Gasteiger partial charge in [0.25, 0.3) is 0 Å². The number of halogens is 1. The quantitative estimate of drug-likeness (QED) is 0.742. The van der Waals surface area contributed by atoms with Crippen LogP contribution in [0.4, 0.5) is 4.39 Å². The summed E-state index contributed by atoms with van der Waals surface area (Å²) < 4.78 is 13.2. The van der Waals surface area contributed by atoms with E-state index in [1.165, 1.54) is 6.07 Å². The fourth-order valence-electron chi connectivity index (χ4n) is 1.36. The SMILES string of the molecule is CNCC(O)c1c(C)cccc1F. The van der Waals surface area contributed by atoms with E-state index in [-0.39, 0.29) is 5.82 Å². The van der Waals surface area contributed by atoms with Crippen LogP contribution in [-0.4, -0.2) is 18.7 Å². The molecular formula is C10H14FNO. The van der Waals surface area contributed by atoms with E-state index in [0.717, 1.165) is 5.56 Å². The van der Waals surface area contributed by atoms with Gasteiger partial charge in [-0.15, -0.1) is 0 Å². The Morgan fingerprint density at radius 3 is 2.77 bits per heavy atom. The van der Waals surface area contributed by atoms with Gasteiger partial charge in [0.05, 0.1) is 6.10 Å². The molecule has 0 aliphatic rings. The molecule has 0 amide bonds. The first-order valence-corrected chi connectivity index (χ1v) is 4.24. The molecule has 1 aromatic carbocycles. The molecule has 0 spiro atoms. The van der Waals surface area contributed by atoms with Crippen molar-refractivity contribution in [3.05, 3.63) is 35.1 Å². The van der Waals surface area contributed by atoms with Crippen molar-refractivity contribution in [3.63, 3.8) is 0 Å². The Hall–Kier alpha value is -0.930. The first-order chi connectivity index (χ1) is 6.16. The number of nitrogens with one attached hydrogen (secondary N) is 1. The molecule has 0 aliphatic carbocycles. The van der Waals surface area contributed by atoms with Crippen LogP contribution in [0.15, 0.2) is 18.2 Å². The van der Waals surface area contributed by atoms with Gasteiger partial charge in [-0.2, -0.15) is 0 Å². The molecule has 1 unspecified atom stereocenters. The van der Waals surface area contributed by atoms with E-state index >= 15 is 0 Å². The lowest BCUT2D eigenvalue weighted by Crippen LogP contribution is -2.18. The van der Waals surface area contributed by atoms with Crippen LogP contribution in [0, 0.1) is 12.7 Å². The molecule has 13 heavy (non-hydrogen) atoms. The minimum absolute atomic E-state index is 0.345. The monoisotopic (exact) mass is 183 g/mol. The average molecular weight is 183 g/mol. The van der Waals surface area contributed by atoms with Crippen molar-refractivity contribution < 1.29 is 9.50 Å². The van der Waals surface area contributed by atoms with E-state index in [4.69, 9.17) is 0 Å². The molecule has 0 heterocycles. The van der Waals surface area contributed by atoms with Crippen LogP contribution in [0.5, 0.6) is 0 Å².